The number of carbonyl (C=O) groups is 2. The fourth-order valence-electron chi connectivity index (χ4n) is 5.41. The summed E-state index contributed by atoms with van der Waals surface area (Å²) in [6, 6.07) is 1.17. The van der Waals surface area contributed by atoms with E-state index in [4.69, 9.17) is 4.52 Å². The lowest BCUT2D eigenvalue weighted by Gasteiger charge is -2.30. The van der Waals surface area contributed by atoms with E-state index < -0.39 is 18.7 Å². The van der Waals surface area contributed by atoms with Crippen LogP contribution in [0.3, 0.4) is 0 Å². The quantitative estimate of drug-likeness (QED) is 0.401. The van der Waals surface area contributed by atoms with E-state index in [-0.39, 0.29) is 29.2 Å². The van der Waals surface area contributed by atoms with Crippen molar-refractivity contribution < 1.29 is 24.4 Å². The predicted octanol–water partition coefficient (Wildman–Crippen LogP) is 3.13. The lowest BCUT2D eigenvalue weighted by molar-refractivity contribution is -0.163. The van der Waals surface area contributed by atoms with Crippen molar-refractivity contribution in [3.05, 3.63) is 11.8 Å². The average molecular weight is 463 g/mol. The summed E-state index contributed by atoms with van der Waals surface area (Å²) in [5, 5.41) is 26.9. The number of nitrogens with zero attached hydrogens (tertiary/aromatic N) is 3. The normalized spacial score (nSPS) is 23.5. The summed E-state index contributed by atoms with van der Waals surface area (Å²) in [6.45, 7) is 6.14. The lowest BCUT2D eigenvalue weighted by Crippen LogP contribution is -2.48. The number of nitrogens with one attached hydrogen (secondary N) is 1. The van der Waals surface area contributed by atoms with E-state index in [1.807, 2.05) is 20.8 Å². The smallest absolute Gasteiger partial charge is 0.248 e. The third-order valence-electron chi connectivity index (χ3n) is 7.59. The molecule has 33 heavy (non-hydrogen) atoms. The first kappa shape index (κ1) is 24.2. The zero-order valence-electron chi connectivity index (χ0n) is 20.0. The van der Waals surface area contributed by atoms with Crippen molar-refractivity contribution in [2.75, 3.05) is 25.1 Å². The van der Waals surface area contributed by atoms with Crippen LogP contribution < -0.4 is 5.32 Å². The molecule has 0 aromatic carbocycles. The minimum absolute atomic E-state index is 0.0336. The van der Waals surface area contributed by atoms with Gasteiger partial charge in [0, 0.05) is 24.6 Å². The van der Waals surface area contributed by atoms with Crippen LogP contribution >= 0.6 is 0 Å². The second-order valence-electron chi connectivity index (χ2n) is 11.4. The van der Waals surface area contributed by atoms with Crippen molar-refractivity contribution in [3.8, 4) is 0 Å². The highest BCUT2D eigenvalue weighted by Crippen LogP contribution is 2.55. The number of hydrogen-bond donors (Lipinski definition) is 3. The van der Waals surface area contributed by atoms with E-state index in [9.17, 15) is 19.9 Å². The molecule has 2 heterocycles. The molecular weight excluding hydrogens is 424 g/mol. The highest BCUT2D eigenvalue weighted by atomic mass is 16.5. The van der Waals surface area contributed by atoms with Crippen LogP contribution in [0.1, 0.15) is 77.9 Å². The number of rotatable bonds is 8. The van der Waals surface area contributed by atoms with Crippen LogP contribution in [-0.2, 0) is 15.0 Å². The highest BCUT2D eigenvalue weighted by molar-refractivity contribution is 5.97. The number of amides is 2. The van der Waals surface area contributed by atoms with Gasteiger partial charge < -0.3 is 25.1 Å². The maximum absolute atomic E-state index is 13.7. The molecule has 2 amide bonds. The first-order chi connectivity index (χ1) is 15.6. The molecule has 1 saturated heterocycles. The topological polar surface area (TPSA) is 119 Å². The molecular formula is C24H38N4O5. The summed E-state index contributed by atoms with van der Waals surface area (Å²) < 4.78 is 5.39. The fourth-order valence-corrected chi connectivity index (χ4v) is 5.41. The van der Waals surface area contributed by atoms with Gasteiger partial charge in [0.05, 0.1) is 5.92 Å². The van der Waals surface area contributed by atoms with Crippen LogP contribution in [0.4, 0.5) is 5.82 Å². The minimum atomic E-state index is -0.567. The Balaban J connectivity index is 1.49. The Hall–Kier alpha value is -1.97. The van der Waals surface area contributed by atoms with Crippen LogP contribution in [0.25, 0.3) is 0 Å². The van der Waals surface area contributed by atoms with Crippen LogP contribution in [0.15, 0.2) is 10.6 Å². The molecule has 0 radical (unpaired) electrons. The zero-order chi connectivity index (χ0) is 23.8. The monoisotopic (exact) mass is 462 g/mol. The molecule has 2 atom stereocenters. The Morgan fingerprint density at radius 2 is 2.03 bits per heavy atom. The molecule has 1 aromatic rings. The van der Waals surface area contributed by atoms with Crippen molar-refractivity contribution in [1.82, 2.24) is 15.1 Å². The number of aliphatic hydroxyl groups excluding tert-OH is 1. The van der Waals surface area contributed by atoms with Gasteiger partial charge in [0.1, 0.15) is 18.5 Å². The van der Waals surface area contributed by atoms with Gasteiger partial charge in [0.15, 0.2) is 5.82 Å². The number of aromatic nitrogens is 1. The number of likely N-dealkylation sites (tertiary alicyclic amines) is 1. The van der Waals surface area contributed by atoms with Gasteiger partial charge in [0.2, 0.25) is 11.8 Å². The molecule has 2 aliphatic carbocycles. The molecule has 3 N–H and O–H groups in total. The molecule has 3 fully saturated rings. The predicted molar refractivity (Wildman–Crippen MR) is 121 cm³/mol. The molecule has 2 saturated carbocycles. The average Bonchev–Trinajstić information content (AvgIpc) is 3.14. The van der Waals surface area contributed by atoms with E-state index in [0.29, 0.717) is 36.9 Å². The van der Waals surface area contributed by atoms with Gasteiger partial charge in [0.25, 0.3) is 0 Å². The third-order valence-corrected chi connectivity index (χ3v) is 7.59. The Bertz CT molecular complexity index is 853. The Labute approximate surface area is 195 Å². The van der Waals surface area contributed by atoms with Crippen LogP contribution in [0.2, 0.25) is 0 Å². The SMILES string of the molecule is CC(C)(C)c1cc(NC(=O)[C@@H]2CC3(CC3)CN2C(=O)[C@H](CC2CCCC2)CN(O)CO)no1. The van der Waals surface area contributed by atoms with Gasteiger partial charge in [-0.05, 0) is 37.0 Å². The van der Waals surface area contributed by atoms with E-state index in [0.717, 1.165) is 30.7 Å². The van der Waals surface area contributed by atoms with Gasteiger partial charge >= 0.3 is 0 Å². The first-order valence-corrected chi connectivity index (χ1v) is 12.2. The van der Waals surface area contributed by atoms with Crippen LogP contribution in [0.5, 0.6) is 0 Å². The van der Waals surface area contributed by atoms with E-state index in [2.05, 4.69) is 10.5 Å². The molecule has 1 aromatic heterocycles. The molecule has 0 unspecified atom stereocenters. The highest BCUT2D eigenvalue weighted by Gasteiger charge is 2.56. The van der Waals surface area contributed by atoms with Crippen molar-refractivity contribution in [3.63, 3.8) is 0 Å². The van der Waals surface area contributed by atoms with Crippen molar-refractivity contribution >= 4 is 17.6 Å². The number of hydrogen-bond acceptors (Lipinski definition) is 7. The summed E-state index contributed by atoms with van der Waals surface area (Å²) >= 11 is 0. The van der Waals surface area contributed by atoms with Gasteiger partial charge in [-0.15, -0.1) is 0 Å². The molecule has 1 aliphatic heterocycles. The maximum atomic E-state index is 13.7. The van der Waals surface area contributed by atoms with Gasteiger partial charge in [-0.25, -0.2) is 0 Å². The second kappa shape index (κ2) is 9.35. The summed E-state index contributed by atoms with van der Waals surface area (Å²) in [7, 11) is 0. The van der Waals surface area contributed by atoms with E-state index in [1.165, 1.54) is 12.8 Å². The summed E-state index contributed by atoms with van der Waals surface area (Å²) in [5.41, 5.74) is -0.189. The molecule has 0 bridgehead atoms. The van der Waals surface area contributed by atoms with Crippen molar-refractivity contribution in [1.29, 1.82) is 0 Å². The maximum Gasteiger partial charge on any atom is 0.248 e. The lowest BCUT2D eigenvalue weighted by atomic mass is 9.91. The Morgan fingerprint density at radius 3 is 2.61 bits per heavy atom. The standard InChI is InChI=1S/C24H38N4O5/c1-23(2,3)19-11-20(26-33-19)25-21(30)18-12-24(8-9-24)14-28(18)22(31)17(13-27(32)15-29)10-16-6-4-5-7-16/h11,16-18,29,32H,4-10,12-15H2,1-3H3,(H,25,26,30)/t17-,18+/m1/s1. The summed E-state index contributed by atoms with van der Waals surface area (Å²) in [6.07, 6.45) is 7.87. The molecule has 3 aliphatic rings. The number of carbonyl (C=O) groups excluding carboxylic acids is 2. The molecule has 1 spiro atoms. The zero-order valence-corrected chi connectivity index (χ0v) is 20.0. The number of aliphatic hydroxyl groups is 1. The molecule has 4 rings (SSSR count). The van der Waals surface area contributed by atoms with E-state index >= 15 is 0 Å². The summed E-state index contributed by atoms with van der Waals surface area (Å²) in [4.78, 5) is 28.7. The van der Waals surface area contributed by atoms with Crippen molar-refractivity contribution in [2.45, 2.75) is 83.6 Å². The van der Waals surface area contributed by atoms with Crippen LogP contribution in [0, 0.1) is 17.3 Å². The summed E-state index contributed by atoms with van der Waals surface area (Å²) in [5.74, 6) is 0.686. The number of anilines is 1. The first-order valence-electron chi connectivity index (χ1n) is 12.2. The van der Waals surface area contributed by atoms with Gasteiger partial charge in [-0.1, -0.05) is 51.6 Å². The number of hydroxylamine groups is 2. The Kier molecular flexibility index (Phi) is 6.85. The fraction of sp³-hybridized carbons (Fsp3) is 0.792. The van der Waals surface area contributed by atoms with Crippen LogP contribution in [-0.4, -0.2) is 63.1 Å². The molecule has 9 nitrogen and oxygen atoms in total. The largest absolute Gasteiger partial charge is 0.379 e. The minimum Gasteiger partial charge on any atom is -0.379 e. The van der Waals surface area contributed by atoms with Gasteiger partial charge in [-0.3, -0.25) is 9.59 Å². The Morgan fingerprint density at radius 1 is 1.33 bits per heavy atom. The van der Waals surface area contributed by atoms with Crippen molar-refractivity contribution in [2.24, 2.45) is 17.3 Å². The third kappa shape index (κ3) is 5.58. The van der Waals surface area contributed by atoms with E-state index in [1.54, 1.807) is 11.0 Å². The van der Waals surface area contributed by atoms with Gasteiger partial charge in [-0.2, -0.15) is 5.06 Å². The molecule has 184 valence electrons. The second-order valence-corrected chi connectivity index (χ2v) is 11.4. The molecule has 9 heteroatoms.